The van der Waals surface area contributed by atoms with Gasteiger partial charge in [0.1, 0.15) is 35.3 Å². The van der Waals surface area contributed by atoms with Crippen molar-refractivity contribution >= 4 is 23.7 Å². The zero-order valence-electron chi connectivity index (χ0n) is 39.2. The molecule has 1 amide bonds. The largest absolute Gasteiger partial charge is 0.455 e. The van der Waals surface area contributed by atoms with Gasteiger partial charge in [0, 0.05) is 50.6 Å². The number of rotatable bonds is 12. The molecule has 3 aliphatic heterocycles. The van der Waals surface area contributed by atoms with Crippen molar-refractivity contribution < 1.29 is 43.2 Å². The van der Waals surface area contributed by atoms with Crippen LogP contribution in [-0.2, 0) is 45.5 Å². The Morgan fingerprint density at radius 2 is 1.78 bits per heavy atom. The van der Waals surface area contributed by atoms with Crippen LogP contribution in [0.1, 0.15) is 80.6 Å². The highest BCUT2D eigenvalue weighted by Crippen LogP contribution is 2.43. The first-order valence-electron chi connectivity index (χ1n) is 22.6. The first-order chi connectivity index (χ1) is 30.8. The van der Waals surface area contributed by atoms with Crippen molar-refractivity contribution in [3.05, 3.63) is 47.3 Å². The number of Topliss-reactive ketones (excluding diaryl/α,β-unsaturated/α-hetero) is 1. The fourth-order valence-electron chi connectivity index (χ4n) is 9.79. The predicted molar refractivity (Wildman–Crippen MR) is 236 cm³/mol. The Morgan fingerprint density at radius 3 is 2.45 bits per heavy atom. The van der Waals surface area contributed by atoms with Gasteiger partial charge in [0.2, 0.25) is 0 Å². The number of cyclic esters (lactones) is 1. The van der Waals surface area contributed by atoms with Crippen LogP contribution in [0.4, 0.5) is 10.6 Å². The standard InChI is InChI=1S/C44H67N11O10/c1-11-33-44(55-20-16-34(45)48-41(55)59)37(54(42(60)65-44)19-13-12-18-53-24-31(50-51-53)30-15-14-17-47-49-30)29(6)46-23-25(2)22-43(7,61-10)38(27(4)35(56)28(5)39(58)63-33)64-40-36(57)32(52(8)9)21-26(3)62-40/h14-17,20,24-29,32-33,36-38,40,46,57H,11-13,18-19,21-23H2,1-10H3,(H2,45,48,59)/t25-,26-,27-,28-,29-,32?,33-,36?,37-,38-,40+,43-,44-/m1/s1. The maximum atomic E-state index is 14.6. The summed E-state index contributed by atoms with van der Waals surface area (Å²) in [7, 11) is 5.30. The smallest absolute Gasteiger partial charge is 0.412 e. The van der Waals surface area contributed by atoms with Crippen molar-refractivity contribution in [2.24, 2.45) is 17.8 Å². The third-order valence-electron chi connectivity index (χ3n) is 13.3. The van der Waals surface area contributed by atoms with Gasteiger partial charge in [-0.3, -0.25) is 23.7 Å². The summed E-state index contributed by atoms with van der Waals surface area (Å²) in [5, 5.41) is 31.6. The van der Waals surface area contributed by atoms with Gasteiger partial charge in [0.25, 0.3) is 5.72 Å². The molecule has 21 nitrogen and oxygen atoms in total. The number of nitrogens with one attached hydrogen (secondary N) is 1. The molecule has 0 radical (unpaired) electrons. The first-order valence-corrected chi connectivity index (χ1v) is 22.6. The maximum absolute atomic E-state index is 14.6. The predicted octanol–water partition coefficient (Wildman–Crippen LogP) is 2.23. The summed E-state index contributed by atoms with van der Waals surface area (Å²) in [6.45, 7) is 13.6. The molecule has 0 aromatic carbocycles. The van der Waals surface area contributed by atoms with Crippen LogP contribution < -0.4 is 16.7 Å². The molecule has 6 rings (SSSR count). The van der Waals surface area contributed by atoms with E-state index in [-0.39, 0.29) is 36.8 Å². The molecule has 6 heterocycles. The number of unbranched alkanes of at least 4 members (excludes halogenated alkanes) is 1. The van der Waals surface area contributed by atoms with Crippen LogP contribution in [0.5, 0.6) is 0 Å². The number of aliphatic hydroxyl groups is 1. The highest BCUT2D eigenvalue weighted by molar-refractivity contribution is 6.00. The molecular formula is C44H67N11O10. The molecule has 13 atom stereocenters. The second kappa shape index (κ2) is 20.7. The molecule has 2 unspecified atom stereocenters. The van der Waals surface area contributed by atoms with Crippen molar-refractivity contribution in [3.8, 4) is 11.4 Å². The van der Waals surface area contributed by atoms with Gasteiger partial charge >= 0.3 is 17.8 Å². The number of likely N-dealkylation sites (N-methyl/N-ethyl adjacent to an activating group) is 1. The van der Waals surface area contributed by atoms with Gasteiger partial charge in [-0.2, -0.15) is 10.1 Å². The quantitative estimate of drug-likeness (QED) is 0.134. The first kappa shape index (κ1) is 49.5. The van der Waals surface area contributed by atoms with Gasteiger partial charge in [-0.1, -0.05) is 26.0 Å². The van der Waals surface area contributed by atoms with E-state index in [1.54, 1.807) is 55.1 Å². The number of anilines is 1. The summed E-state index contributed by atoms with van der Waals surface area (Å²) in [4.78, 5) is 64.9. The van der Waals surface area contributed by atoms with E-state index >= 15 is 0 Å². The zero-order chi connectivity index (χ0) is 47.4. The maximum Gasteiger partial charge on any atom is 0.412 e. The number of carbonyl (C=O) groups is 3. The number of esters is 1. The number of fused-ring (bicyclic) bond motifs is 1. The van der Waals surface area contributed by atoms with E-state index in [0.717, 1.165) is 0 Å². The lowest BCUT2D eigenvalue weighted by Crippen LogP contribution is -2.65. The van der Waals surface area contributed by atoms with Gasteiger partial charge < -0.3 is 44.7 Å². The molecule has 21 heteroatoms. The van der Waals surface area contributed by atoms with Crippen LogP contribution in [0.3, 0.4) is 0 Å². The Hall–Kier alpha value is -4.93. The lowest BCUT2D eigenvalue weighted by Gasteiger charge is -2.46. The number of carbonyl (C=O) groups excluding carboxylic acids is 3. The van der Waals surface area contributed by atoms with Crippen LogP contribution in [0.25, 0.3) is 11.4 Å². The van der Waals surface area contributed by atoms with Gasteiger partial charge in [-0.15, -0.1) is 10.2 Å². The number of nitrogen functional groups attached to an aromatic ring is 1. The van der Waals surface area contributed by atoms with Crippen LogP contribution in [0.2, 0.25) is 0 Å². The number of amides is 1. The minimum atomic E-state index is -1.97. The number of ketones is 1. The molecule has 0 saturated carbocycles. The molecule has 0 bridgehead atoms. The van der Waals surface area contributed by atoms with E-state index in [1.807, 2.05) is 46.7 Å². The summed E-state index contributed by atoms with van der Waals surface area (Å²) < 4.78 is 34.7. The number of aromatic nitrogens is 7. The van der Waals surface area contributed by atoms with Gasteiger partial charge in [0.15, 0.2) is 18.2 Å². The Labute approximate surface area is 379 Å². The topological polar surface area (TPSA) is 254 Å². The van der Waals surface area contributed by atoms with Crippen molar-refractivity contribution in [3.63, 3.8) is 0 Å². The zero-order valence-corrected chi connectivity index (χ0v) is 39.2. The van der Waals surface area contributed by atoms with Crippen molar-refractivity contribution in [2.75, 3.05) is 40.0 Å². The van der Waals surface area contributed by atoms with E-state index < -0.39 is 83.4 Å². The lowest BCUT2D eigenvalue weighted by atomic mass is 9.78. The van der Waals surface area contributed by atoms with Crippen LogP contribution in [0, 0.1) is 17.8 Å². The van der Waals surface area contributed by atoms with Crippen molar-refractivity contribution in [2.45, 2.75) is 147 Å². The van der Waals surface area contributed by atoms with E-state index in [1.165, 1.54) is 23.8 Å². The third kappa shape index (κ3) is 10.4. The monoisotopic (exact) mass is 910 g/mol. The minimum Gasteiger partial charge on any atom is -0.455 e. The molecule has 0 spiro atoms. The van der Waals surface area contributed by atoms with Gasteiger partial charge in [0.05, 0.1) is 24.0 Å². The number of methoxy groups -OCH3 is 1. The average Bonchev–Trinajstić information content (AvgIpc) is 3.87. The van der Waals surface area contributed by atoms with Crippen LogP contribution in [-0.4, -0.2) is 156 Å². The number of aryl methyl sites for hydroxylation is 1. The summed E-state index contributed by atoms with van der Waals surface area (Å²) >= 11 is 0. The SMILES string of the molecule is CC[C@H]1OC(=O)[C@H](C)C(=O)[C@@H](C)[C@@H](O[C@@H]2O[C@H](C)CC(N(C)C)C2O)[C@](C)(OC)C[C@@H](C)CN[C@H](C)[C@H]2N(CCCCn3cc(-c4cccnn4)nn3)C(=O)O[C@]12n1ccc(N)nc1=O. The molecule has 358 valence electrons. The number of nitrogens with two attached hydrogens (primary N) is 1. The normalized spacial score (nSPS) is 34.1. The lowest BCUT2D eigenvalue weighted by molar-refractivity contribution is -0.295. The summed E-state index contributed by atoms with van der Waals surface area (Å²) in [5.41, 5.74) is 3.19. The Bertz CT molecular complexity index is 2160. The average molecular weight is 910 g/mol. The minimum absolute atomic E-state index is 0.0536. The molecule has 3 fully saturated rings. The summed E-state index contributed by atoms with van der Waals surface area (Å²) in [5.74, 6) is -3.94. The molecule has 3 aliphatic rings. The van der Waals surface area contributed by atoms with E-state index in [0.29, 0.717) is 50.2 Å². The molecule has 65 heavy (non-hydrogen) atoms. The molecule has 3 saturated heterocycles. The van der Waals surface area contributed by atoms with Gasteiger partial charge in [-0.05, 0) is 105 Å². The highest BCUT2D eigenvalue weighted by Gasteiger charge is 2.63. The number of aliphatic hydroxyl groups excluding tert-OH is 1. The number of nitrogens with zero attached hydrogens (tertiary/aromatic N) is 9. The molecule has 3 aromatic rings. The molecule has 4 N–H and O–H groups in total. The molecule has 3 aromatic heterocycles. The van der Waals surface area contributed by atoms with E-state index in [9.17, 15) is 24.3 Å². The Balaban J connectivity index is 1.35. The fraction of sp³-hybridized carbons (Fsp3) is 0.705. The second-order valence-corrected chi connectivity index (χ2v) is 18.3. The second-order valence-electron chi connectivity index (χ2n) is 18.3. The van der Waals surface area contributed by atoms with Crippen molar-refractivity contribution in [1.29, 1.82) is 0 Å². The molecular weight excluding hydrogens is 843 g/mol. The summed E-state index contributed by atoms with van der Waals surface area (Å²) in [6.07, 6.45) is 1.36. The number of ether oxygens (including phenoxy) is 5. The highest BCUT2D eigenvalue weighted by atomic mass is 16.7. The summed E-state index contributed by atoms with van der Waals surface area (Å²) in [6, 6.07) is 3.12. The van der Waals surface area contributed by atoms with Gasteiger partial charge in [-0.25, -0.2) is 9.59 Å². The number of hydrogen-bond acceptors (Lipinski definition) is 18. The van der Waals surface area contributed by atoms with Crippen LogP contribution >= 0.6 is 0 Å². The third-order valence-corrected chi connectivity index (χ3v) is 13.3. The fourth-order valence-corrected chi connectivity index (χ4v) is 9.79. The van der Waals surface area contributed by atoms with E-state index in [2.05, 4.69) is 30.8 Å². The Kier molecular flexibility index (Phi) is 15.8. The van der Waals surface area contributed by atoms with Crippen LogP contribution in [0.15, 0.2) is 41.6 Å². The Morgan fingerprint density at radius 1 is 1.05 bits per heavy atom. The number of hydrogen-bond donors (Lipinski definition) is 3. The van der Waals surface area contributed by atoms with E-state index in [4.69, 9.17) is 29.4 Å². The molecule has 0 aliphatic carbocycles. The van der Waals surface area contributed by atoms with Crippen molar-refractivity contribution in [1.82, 2.24) is 49.9 Å².